The number of carboxylic acid groups (broad SMARTS) is 1. The number of hydrogen-bond acceptors (Lipinski definition) is 5. The van der Waals surface area contributed by atoms with Gasteiger partial charge in [0.15, 0.2) is 23.1 Å². The summed E-state index contributed by atoms with van der Waals surface area (Å²) in [6.45, 7) is 13.3. The van der Waals surface area contributed by atoms with Crippen molar-refractivity contribution >= 4 is 17.6 Å². The number of rotatable bonds is 9. The zero-order chi connectivity index (χ0) is 28.2. The van der Waals surface area contributed by atoms with Gasteiger partial charge in [0.1, 0.15) is 5.84 Å². The summed E-state index contributed by atoms with van der Waals surface area (Å²) in [4.78, 5) is 27.4. The van der Waals surface area contributed by atoms with Crippen molar-refractivity contribution in [1.29, 1.82) is 5.41 Å². The fraction of sp³-hybridized carbons (Fsp3) is 0.500. The Morgan fingerprint density at radius 2 is 1.63 bits per heavy atom. The third-order valence-electron chi connectivity index (χ3n) is 7.70. The van der Waals surface area contributed by atoms with Crippen molar-refractivity contribution in [2.24, 2.45) is 0 Å². The zero-order valence-corrected chi connectivity index (χ0v) is 23.3. The maximum Gasteiger partial charge on any atom is 0.313 e. The number of benzene rings is 2. The van der Waals surface area contributed by atoms with Crippen molar-refractivity contribution in [1.82, 2.24) is 4.90 Å². The molecule has 2 N–H and O–H groups in total. The Bertz CT molecular complexity index is 1320. The quantitative estimate of drug-likeness (QED) is 0.403. The van der Waals surface area contributed by atoms with Gasteiger partial charge in [0.05, 0.1) is 36.3 Å². The molecule has 2 aromatic carbocycles. The molecule has 8 heteroatoms. The third kappa shape index (κ3) is 4.44. The van der Waals surface area contributed by atoms with Gasteiger partial charge in [-0.05, 0) is 80.8 Å². The molecule has 1 saturated carbocycles. The largest absolute Gasteiger partial charge is 0.490 e. The topological polar surface area (TPSA) is 99.9 Å². The van der Waals surface area contributed by atoms with E-state index in [0.717, 1.165) is 5.56 Å². The summed E-state index contributed by atoms with van der Waals surface area (Å²) in [6, 6.07) is 7.05. The molecule has 204 valence electrons. The lowest BCUT2D eigenvalue weighted by molar-refractivity contribution is -0.142. The first-order chi connectivity index (χ1) is 17.7. The van der Waals surface area contributed by atoms with Gasteiger partial charge in [0, 0.05) is 5.56 Å². The lowest BCUT2D eigenvalue weighted by Gasteiger charge is -2.28. The second kappa shape index (κ2) is 9.40. The molecule has 0 saturated heterocycles. The molecule has 1 aliphatic carbocycles. The van der Waals surface area contributed by atoms with Gasteiger partial charge in [-0.15, -0.1) is 0 Å². The first-order valence-corrected chi connectivity index (χ1v) is 13.1. The molecule has 0 radical (unpaired) electrons. The van der Waals surface area contributed by atoms with Crippen molar-refractivity contribution in [2.75, 3.05) is 19.8 Å². The lowest BCUT2D eigenvalue weighted by atomic mass is 9.78. The minimum absolute atomic E-state index is 0.0137. The van der Waals surface area contributed by atoms with Crippen molar-refractivity contribution in [2.45, 2.75) is 77.7 Å². The predicted octanol–water partition coefficient (Wildman–Crippen LogP) is 5.80. The Labute approximate surface area is 223 Å². The molecule has 1 heterocycles. The summed E-state index contributed by atoms with van der Waals surface area (Å²) in [5.74, 6) is -1.64. The summed E-state index contributed by atoms with van der Waals surface area (Å²) >= 11 is 0. The molecule has 1 spiro atoms. The second-order valence-corrected chi connectivity index (χ2v) is 11.7. The minimum Gasteiger partial charge on any atom is -0.490 e. The molecule has 0 atom stereocenters. The number of nitrogens with zero attached hydrogens (tertiary/aromatic N) is 1. The number of ether oxygens (including phenoxy) is 2. The van der Waals surface area contributed by atoms with E-state index >= 15 is 4.39 Å². The highest BCUT2D eigenvalue weighted by Crippen LogP contribution is 2.59. The van der Waals surface area contributed by atoms with Gasteiger partial charge in [0.25, 0.3) is 0 Å². The standard InChI is InChI=1S/C30H37FN2O5/c1-8-37-22-15-20-23(24(31)25(22)38-9-2)26(32)33(30(20)10-11-30)16-21(34)17-12-18(28(3,4)5)14-19(13-17)29(6,7)27(35)36/h12-15,32H,8-11,16H2,1-7H3,(H,35,36). The SMILES string of the molecule is CCOc1cc2c(c(F)c1OCC)C(=N)N(CC(=O)c1cc(C(C)(C)C)cc(C(C)(C)C(=O)O)c1)C21CC1. The van der Waals surface area contributed by atoms with Crippen molar-refractivity contribution < 1.29 is 28.6 Å². The highest BCUT2D eigenvalue weighted by molar-refractivity contribution is 6.07. The Morgan fingerprint density at radius 1 is 1.03 bits per heavy atom. The van der Waals surface area contributed by atoms with Crippen LogP contribution >= 0.6 is 0 Å². The number of carbonyl (C=O) groups excluding carboxylic acids is 1. The van der Waals surface area contributed by atoms with Crippen LogP contribution in [0.1, 0.15) is 93.9 Å². The number of nitrogens with one attached hydrogen (secondary N) is 1. The van der Waals surface area contributed by atoms with Crippen LogP contribution in [0, 0.1) is 11.2 Å². The van der Waals surface area contributed by atoms with E-state index in [4.69, 9.17) is 14.9 Å². The van der Waals surface area contributed by atoms with Crippen LogP contribution in [0.25, 0.3) is 0 Å². The van der Waals surface area contributed by atoms with Gasteiger partial charge in [-0.1, -0.05) is 26.8 Å². The summed E-state index contributed by atoms with van der Waals surface area (Å²) < 4.78 is 27.0. The van der Waals surface area contributed by atoms with Crippen LogP contribution in [0.5, 0.6) is 11.5 Å². The average molecular weight is 525 g/mol. The number of carbonyl (C=O) groups is 2. The van der Waals surface area contributed by atoms with Crippen LogP contribution in [-0.4, -0.2) is 47.4 Å². The van der Waals surface area contributed by atoms with E-state index in [1.165, 1.54) is 0 Å². The number of fused-ring (bicyclic) bond motifs is 2. The third-order valence-corrected chi connectivity index (χ3v) is 7.70. The molecule has 38 heavy (non-hydrogen) atoms. The van der Waals surface area contributed by atoms with E-state index in [-0.39, 0.29) is 41.5 Å². The van der Waals surface area contributed by atoms with Crippen molar-refractivity contribution in [3.8, 4) is 11.5 Å². The molecule has 4 rings (SSSR count). The van der Waals surface area contributed by atoms with Crippen molar-refractivity contribution in [3.63, 3.8) is 0 Å². The van der Waals surface area contributed by atoms with E-state index in [1.807, 2.05) is 33.8 Å². The van der Waals surface area contributed by atoms with E-state index in [1.54, 1.807) is 43.9 Å². The van der Waals surface area contributed by atoms with Gasteiger partial charge in [-0.25, -0.2) is 4.39 Å². The highest BCUT2D eigenvalue weighted by atomic mass is 19.1. The van der Waals surface area contributed by atoms with E-state index in [9.17, 15) is 14.7 Å². The Hall–Kier alpha value is -3.42. The molecule has 0 amide bonds. The van der Waals surface area contributed by atoms with Gasteiger partial charge >= 0.3 is 5.97 Å². The summed E-state index contributed by atoms with van der Waals surface area (Å²) in [5.41, 5.74) is 0.421. The highest BCUT2D eigenvalue weighted by Gasteiger charge is 2.58. The van der Waals surface area contributed by atoms with Crippen molar-refractivity contribution in [3.05, 3.63) is 57.9 Å². The number of hydrogen-bond donors (Lipinski definition) is 2. The fourth-order valence-corrected chi connectivity index (χ4v) is 5.07. The summed E-state index contributed by atoms with van der Waals surface area (Å²) in [5, 5.41) is 18.7. The van der Waals surface area contributed by atoms with Gasteiger partial charge in [-0.3, -0.25) is 15.0 Å². The summed E-state index contributed by atoms with van der Waals surface area (Å²) in [7, 11) is 0. The van der Waals surface area contributed by atoms with Gasteiger partial charge in [0.2, 0.25) is 0 Å². The number of ketones is 1. The minimum atomic E-state index is -1.20. The second-order valence-electron chi connectivity index (χ2n) is 11.7. The molecular formula is C30H37FN2O5. The Balaban J connectivity index is 1.75. The van der Waals surface area contributed by atoms with Crippen LogP contribution in [0.3, 0.4) is 0 Å². The van der Waals surface area contributed by atoms with Crippen LogP contribution in [-0.2, 0) is 21.2 Å². The van der Waals surface area contributed by atoms with Gasteiger partial charge < -0.3 is 19.5 Å². The number of carboxylic acids is 1. The maximum atomic E-state index is 15.7. The molecule has 2 aromatic rings. The monoisotopic (exact) mass is 524 g/mol. The fourth-order valence-electron chi connectivity index (χ4n) is 5.07. The predicted molar refractivity (Wildman–Crippen MR) is 143 cm³/mol. The molecular weight excluding hydrogens is 487 g/mol. The van der Waals surface area contributed by atoms with Crippen LogP contribution in [0.2, 0.25) is 0 Å². The molecule has 0 aromatic heterocycles. The molecule has 2 aliphatic rings. The molecule has 7 nitrogen and oxygen atoms in total. The normalized spacial score (nSPS) is 16.0. The van der Waals surface area contributed by atoms with Crippen LogP contribution in [0.4, 0.5) is 4.39 Å². The molecule has 0 bridgehead atoms. The Kier molecular flexibility index (Phi) is 6.83. The Morgan fingerprint density at radius 3 is 2.16 bits per heavy atom. The smallest absolute Gasteiger partial charge is 0.313 e. The average Bonchev–Trinajstić information content (AvgIpc) is 3.61. The molecule has 1 aliphatic heterocycles. The number of halogens is 1. The zero-order valence-electron chi connectivity index (χ0n) is 23.3. The first-order valence-electron chi connectivity index (χ1n) is 13.1. The number of amidine groups is 1. The van der Waals surface area contributed by atoms with Crippen LogP contribution < -0.4 is 9.47 Å². The number of aliphatic carboxylic acids is 1. The molecule has 0 unspecified atom stereocenters. The number of Topliss-reactive ketones (excluding diaryl/α,β-unsaturated/α-hetero) is 1. The first kappa shape index (κ1) is 27.6. The van der Waals surface area contributed by atoms with Crippen LogP contribution in [0.15, 0.2) is 24.3 Å². The van der Waals surface area contributed by atoms with E-state index in [0.29, 0.717) is 41.9 Å². The summed E-state index contributed by atoms with van der Waals surface area (Å²) in [6.07, 6.45) is 1.38. The van der Waals surface area contributed by atoms with Gasteiger partial charge in [-0.2, -0.15) is 0 Å². The maximum absolute atomic E-state index is 15.7. The van der Waals surface area contributed by atoms with E-state index in [2.05, 4.69) is 0 Å². The van der Waals surface area contributed by atoms with E-state index < -0.39 is 22.7 Å². The molecule has 1 fully saturated rings. The lowest BCUT2D eigenvalue weighted by Crippen LogP contribution is -2.38.